The third-order valence-electron chi connectivity index (χ3n) is 4.14. The van der Waals surface area contributed by atoms with Crippen LogP contribution in [0.4, 0.5) is 11.5 Å². The molecule has 8 nitrogen and oxygen atoms in total. The summed E-state index contributed by atoms with van der Waals surface area (Å²) in [7, 11) is 0. The maximum atomic E-state index is 12.5. The van der Waals surface area contributed by atoms with Crippen LogP contribution in [0, 0.1) is 10.1 Å². The summed E-state index contributed by atoms with van der Waals surface area (Å²) in [6, 6.07) is 13.4. The van der Waals surface area contributed by atoms with Gasteiger partial charge < -0.3 is 5.32 Å². The van der Waals surface area contributed by atoms with Gasteiger partial charge in [-0.1, -0.05) is 39.0 Å². The number of para-hydroxylation sites is 1. The molecule has 3 aromatic rings. The molecule has 0 aliphatic carbocycles. The van der Waals surface area contributed by atoms with Crippen LogP contribution in [-0.4, -0.2) is 25.6 Å². The SMILES string of the molecule is CC(C)(C)c1cc(NC(=O)/C=C/c2ccccc2[N+](=O)[O-])n(-c2ccccn2)n1. The summed E-state index contributed by atoms with van der Waals surface area (Å²) in [5, 5.41) is 18.5. The topological polar surface area (TPSA) is 103 Å². The number of amides is 1. The summed E-state index contributed by atoms with van der Waals surface area (Å²) < 4.78 is 1.57. The molecule has 0 fully saturated rings. The molecule has 0 radical (unpaired) electrons. The van der Waals surface area contributed by atoms with Crippen LogP contribution in [0.5, 0.6) is 0 Å². The molecule has 0 aliphatic rings. The Morgan fingerprint density at radius 1 is 1.17 bits per heavy atom. The van der Waals surface area contributed by atoms with Crippen molar-refractivity contribution in [2.75, 3.05) is 5.32 Å². The van der Waals surface area contributed by atoms with E-state index < -0.39 is 10.8 Å². The molecule has 1 amide bonds. The Kier molecular flexibility index (Phi) is 5.54. The Morgan fingerprint density at radius 2 is 1.90 bits per heavy atom. The van der Waals surface area contributed by atoms with Gasteiger partial charge in [-0.2, -0.15) is 9.78 Å². The van der Waals surface area contributed by atoms with Gasteiger partial charge in [-0.25, -0.2) is 4.98 Å². The minimum atomic E-state index is -0.483. The van der Waals surface area contributed by atoms with E-state index in [0.29, 0.717) is 17.2 Å². The first-order valence-corrected chi connectivity index (χ1v) is 9.00. The lowest BCUT2D eigenvalue weighted by Crippen LogP contribution is -2.14. The average molecular weight is 391 g/mol. The third kappa shape index (κ3) is 4.73. The zero-order chi connectivity index (χ0) is 21.0. The van der Waals surface area contributed by atoms with Crippen LogP contribution in [0.25, 0.3) is 11.9 Å². The summed E-state index contributed by atoms with van der Waals surface area (Å²) in [5.74, 6) is 0.604. The zero-order valence-electron chi connectivity index (χ0n) is 16.4. The van der Waals surface area contributed by atoms with Crippen LogP contribution in [0.1, 0.15) is 32.0 Å². The quantitative estimate of drug-likeness (QED) is 0.400. The van der Waals surface area contributed by atoms with E-state index in [9.17, 15) is 14.9 Å². The molecule has 2 aromatic heterocycles. The van der Waals surface area contributed by atoms with Gasteiger partial charge in [0.1, 0.15) is 5.82 Å². The monoisotopic (exact) mass is 391 g/mol. The molecule has 0 spiro atoms. The largest absolute Gasteiger partial charge is 0.307 e. The number of rotatable bonds is 5. The fraction of sp³-hybridized carbons (Fsp3) is 0.190. The zero-order valence-corrected chi connectivity index (χ0v) is 16.4. The summed E-state index contributed by atoms with van der Waals surface area (Å²) >= 11 is 0. The average Bonchev–Trinajstić information content (AvgIpc) is 3.11. The van der Waals surface area contributed by atoms with Crippen molar-refractivity contribution in [2.45, 2.75) is 26.2 Å². The highest BCUT2D eigenvalue weighted by atomic mass is 16.6. The molecule has 0 saturated heterocycles. The first-order chi connectivity index (χ1) is 13.8. The van der Waals surface area contributed by atoms with Gasteiger partial charge in [0.2, 0.25) is 5.91 Å². The number of benzene rings is 1. The lowest BCUT2D eigenvalue weighted by Gasteiger charge is -2.13. The fourth-order valence-electron chi connectivity index (χ4n) is 2.62. The number of hydrogen-bond acceptors (Lipinski definition) is 5. The number of nitro groups is 1. The number of hydrogen-bond donors (Lipinski definition) is 1. The first kappa shape index (κ1) is 19.9. The van der Waals surface area contributed by atoms with E-state index in [1.165, 1.54) is 18.2 Å². The summed E-state index contributed by atoms with van der Waals surface area (Å²) in [5.41, 5.74) is 0.854. The molecule has 1 N–H and O–H groups in total. The van der Waals surface area contributed by atoms with E-state index in [1.807, 2.05) is 26.8 Å². The lowest BCUT2D eigenvalue weighted by molar-refractivity contribution is -0.385. The molecule has 0 unspecified atom stereocenters. The predicted octanol–water partition coefficient (Wildman–Crippen LogP) is 4.12. The summed E-state index contributed by atoms with van der Waals surface area (Å²) in [4.78, 5) is 27.4. The second-order valence-corrected chi connectivity index (χ2v) is 7.40. The number of nitrogens with one attached hydrogen (secondary N) is 1. The Hall–Kier alpha value is -3.81. The number of nitro benzene ring substituents is 1. The van der Waals surface area contributed by atoms with Crippen molar-refractivity contribution in [3.05, 3.63) is 82.2 Å². The van der Waals surface area contributed by atoms with Crippen molar-refractivity contribution < 1.29 is 9.72 Å². The van der Waals surface area contributed by atoms with Gasteiger partial charge in [0.05, 0.1) is 16.2 Å². The van der Waals surface area contributed by atoms with Gasteiger partial charge in [-0.3, -0.25) is 14.9 Å². The summed E-state index contributed by atoms with van der Waals surface area (Å²) in [6.45, 7) is 6.08. The molecule has 8 heteroatoms. The van der Waals surface area contributed by atoms with E-state index in [2.05, 4.69) is 15.4 Å². The van der Waals surface area contributed by atoms with E-state index in [1.54, 1.807) is 47.3 Å². The normalized spacial score (nSPS) is 11.6. The number of pyridine rings is 1. The van der Waals surface area contributed by atoms with Crippen molar-refractivity contribution >= 4 is 23.5 Å². The van der Waals surface area contributed by atoms with Gasteiger partial charge in [0.15, 0.2) is 5.82 Å². The molecule has 29 heavy (non-hydrogen) atoms. The highest BCUT2D eigenvalue weighted by Crippen LogP contribution is 2.26. The van der Waals surface area contributed by atoms with Crippen LogP contribution in [0.15, 0.2) is 60.8 Å². The van der Waals surface area contributed by atoms with Gasteiger partial charge in [0, 0.05) is 29.8 Å². The maximum absolute atomic E-state index is 12.5. The Balaban J connectivity index is 1.89. The van der Waals surface area contributed by atoms with Crippen LogP contribution in [-0.2, 0) is 10.2 Å². The highest BCUT2D eigenvalue weighted by molar-refractivity contribution is 6.01. The van der Waals surface area contributed by atoms with Gasteiger partial charge in [0.25, 0.3) is 5.69 Å². The van der Waals surface area contributed by atoms with Gasteiger partial charge >= 0.3 is 0 Å². The van der Waals surface area contributed by atoms with Crippen molar-refractivity contribution in [1.82, 2.24) is 14.8 Å². The molecular formula is C21H21N5O3. The first-order valence-electron chi connectivity index (χ1n) is 9.00. The molecular weight excluding hydrogens is 370 g/mol. The Bertz CT molecular complexity index is 1070. The number of aromatic nitrogens is 3. The minimum Gasteiger partial charge on any atom is -0.307 e. The fourth-order valence-corrected chi connectivity index (χ4v) is 2.62. The minimum absolute atomic E-state index is 0.0647. The second-order valence-electron chi connectivity index (χ2n) is 7.40. The maximum Gasteiger partial charge on any atom is 0.276 e. The standard InChI is InChI=1S/C21H21N5O3/c1-21(2,3)17-14-19(25(24-17)18-10-6-7-13-22-18)23-20(27)12-11-15-8-4-5-9-16(15)26(28)29/h4-14H,1-3H3,(H,23,27)/b12-11+. The van der Waals surface area contributed by atoms with Crippen LogP contribution in [0.2, 0.25) is 0 Å². The number of carbonyl (C=O) groups excluding carboxylic acids is 1. The number of nitrogens with zero attached hydrogens (tertiary/aromatic N) is 4. The Labute approximate surface area is 168 Å². The van der Waals surface area contributed by atoms with Crippen molar-refractivity contribution in [3.8, 4) is 5.82 Å². The van der Waals surface area contributed by atoms with E-state index >= 15 is 0 Å². The van der Waals surface area contributed by atoms with Crippen LogP contribution in [0.3, 0.4) is 0 Å². The molecule has 2 heterocycles. The van der Waals surface area contributed by atoms with Crippen LogP contribution < -0.4 is 5.32 Å². The number of carbonyl (C=O) groups is 1. The molecule has 0 bridgehead atoms. The molecule has 0 aliphatic heterocycles. The smallest absolute Gasteiger partial charge is 0.276 e. The van der Waals surface area contributed by atoms with Crippen molar-refractivity contribution in [1.29, 1.82) is 0 Å². The number of anilines is 1. The van der Waals surface area contributed by atoms with Crippen molar-refractivity contribution in [2.24, 2.45) is 0 Å². The van der Waals surface area contributed by atoms with Crippen molar-refractivity contribution in [3.63, 3.8) is 0 Å². The molecule has 3 rings (SSSR count). The predicted molar refractivity (Wildman–Crippen MR) is 111 cm³/mol. The Morgan fingerprint density at radius 3 is 2.55 bits per heavy atom. The van der Waals surface area contributed by atoms with E-state index in [0.717, 1.165) is 5.69 Å². The third-order valence-corrected chi connectivity index (χ3v) is 4.14. The highest BCUT2D eigenvalue weighted by Gasteiger charge is 2.21. The second kappa shape index (κ2) is 8.05. The molecule has 148 valence electrons. The van der Waals surface area contributed by atoms with Gasteiger partial charge in [-0.05, 0) is 24.3 Å². The van der Waals surface area contributed by atoms with E-state index in [4.69, 9.17) is 0 Å². The van der Waals surface area contributed by atoms with Crippen LogP contribution >= 0.6 is 0 Å². The molecule has 0 atom stereocenters. The molecule has 0 saturated carbocycles. The van der Waals surface area contributed by atoms with E-state index in [-0.39, 0.29) is 11.1 Å². The summed E-state index contributed by atoms with van der Waals surface area (Å²) in [6.07, 6.45) is 4.32. The lowest BCUT2D eigenvalue weighted by atomic mass is 9.92. The molecule has 1 aromatic carbocycles. The van der Waals surface area contributed by atoms with Gasteiger partial charge in [-0.15, -0.1) is 0 Å².